The predicted octanol–water partition coefficient (Wildman–Crippen LogP) is 0.0963. The summed E-state index contributed by atoms with van der Waals surface area (Å²) < 4.78 is 24.0. The summed E-state index contributed by atoms with van der Waals surface area (Å²) in [5, 5.41) is 2.96. The molecule has 80 valence electrons. The monoisotopic (exact) mass is 228 g/mol. The van der Waals surface area contributed by atoms with Crippen molar-refractivity contribution in [1.82, 2.24) is 9.62 Å². The quantitative estimate of drug-likeness (QED) is 0.497. The Morgan fingerprint density at radius 2 is 2.08 bits per heavy atom. The van der Waals surface area contributed by atoms with Crippen LogP contribution in [-0.4, -0.2) is 51.5 Å². The van der Waals surface area contributed by atoms with E-state index >= 15 is 0 Å². The second kappa shape index (κ2) is 6.59. The Balaban J connectivity index is 3.87. The summed E-state index contributed by atoms with van der Waals surface area (Å²) in [5.41, 5.74) is 0. The molecule has 0 amide bonds. The van der Waals surface area contributed by atoms with E-state index in [9.17, 15) is 8.42 Å². The van der Waals surface area contributed by atoms with Crippen molar-refractivity contribution in [1.29, 1.82) is 0 Å². The summed E-state index contributed by atoms with van der Waals surface area (Å²) in [7, 11) is 0.304. The summed E-state index contributed by atoms with van der Waals surface area (Å²) in [4.78, 5) is 0. The lowest BCUT2D eigenvalue weighted by atomic mass is 10.4. The fourth-order valence-electron chi connectivity index (χ4n) is 0.871. The minimum absolute atomic E-state index is 0.0185. The van der Waals surface area contributed by atoms with Crippen LogP contribution in [0.5, 0.6) is 0 Å². The van der Waals surface area contributed by atoms with Crippen LogP contribution in [0.4, 0.5) is 0 Å². The number of hydrogen-bond acceptors (Lipinski definition) is 3. The first kappa shape index (κ1) is 13.2. The molecule has 0 fully saturated rings. The smallest absolute Gasteiger partial charge is 0.215 e. The normalized spacial score (nSPS) is 12.3. The molecule has 0 spiro atoms. The van der Waals surface area contributed by atoms with Gasteiger partial charge in [0.15, 0.2) is 0 Å². The molecule has 0 aliphatic rings. The largest absolute Gasteiger partial charge is 0.320 e. The summed E-state index contributed by atoms with van der Waals surface area (Å²) in [6.07, 6.45) is 0.814. The summed E-state index contributed by atoms with van der Waals surface area (Å²) in [5.74, 6) is 0.170. The van der Waals surface area contributed by atoms with Crippen LogP contribution in [0.3, 0.4) is 0 Å². The predicted molar refractivity (Wildman–Crippen MR) is 55.7 cm³/mol. The Bertz CT molecular complexity index is 219. The second-order valence-electron chi connectivity index (χ2n) is 2.78. The Morgan fingerprint density at radius 3 is 2.54 bits per heavy atom. The van der Waals surface area contributed by atoms with Gasteiger partial charge in [-0.15, -0.1) is 11.6 Å². The van der Waals surface area contributed by atoms with E-state index in [1.807, 2.05) is 7.05 Å². The van der Waals surface area contributed by atoms with Crippen LogP contribution < -0.4 is 5.32 Å². The number of nitrogens with one attached hydrogen (secondary N) is 1. The maximum atomic E-state index is 11.3. The van der Waals surface area contributed by atoms with Gasteiger partial charge >= 0.3 is 0 Å². The fraction of sp³-hybridized carbons (Fsp3) is 1.00. The van der Waals surface area contributed by atoms with Crippen molar-refractivity contribution in [2.45, 2.75) is 6.42 Å². The molecule has 0 heterocycles. The molecule has 0 aromatic rings. The third kappa shape index (κ3) is 5.46. The minimum atomic E-state index is -3.12. The van der Waals surface area contributed by atoms with Crippen LogP contribution in [0.2, 0.25) is 0 Å². The van der Waals surface area contributed by atoms with E-state index in [1.54, 1.807) is 7.05 Å². The van der Waals surface area contributed by atoms with Gasteiger partial charge in [0.2, 0.25) is 10.0 Å². The Hall–Kier alpha value is 0.160. The van der Waals surface area contributed by atoms with Gasteiger partial charge in [-0.2, -0.15) is 0 Å². The van der Waals surface area contributed by atoms with Crippen molar-refractivity contribution in [3.05, 3.63) is 0 Å². The van der Waals surface area contributed by atoms with E-state index in [-0.39, 0.29) is 11.6 Å². The average molecular weight is 229 g/mol. The summed E-state index contributed by atoms with van der Waals surface area (Å²) in [6, 6.07) is 0. The highest BCUT2D eigenvalue weighted by molar-refractivity contribution is 7.89. The Labute approximate surface area is 85.3 Å². The van der Waals surface area contributed by atoms with Crippen LogP contribution in [0, 0.1) is 0 Å². The molecule has 0 saturated heterocycles. The van der Waals surface area contributed by atoms with Crippen molar-refractivity contribution in [3.63, 3.8) is 0 Å². The number of halogens is 1. The standard InChI is InChI=1S/C7H17ClN2O2S/c1-9-5-3-6-10(2)13(11,12)7-4-8/h9H,3-7H2,1-2H3. The molecular formula is C7H17ClN2O2S. The minimum Gasteiger partial charge on any atom is -0.320 e. The average Bonchev–Trinajstić information content (AvgIpc) is 2.04. The van der Waals surface area contributed by atoms with Gasteiger partial charge in [0, 0.05) is 19.5 Å². The first-order valence-corrected chi connectivity index (χ1v) is 6.33. The highest BCUT2D eigenvalue weighted by atomic mass is 35.5. The molecule has 0 aliphatic carbocycles. The van der Waals surface area contributed by atoms with E-state index in [1.165, 1.54) is 4.31 Å². The molecule has 0 aromatic heterocycles. The van der Waals surface area contributed by atoms with Gasteiger partial charge in [-0.05, 0) is 20.0 Å². The first-order chi connectivity index (χ1) is 6.04. The summed E-state index contributed by atoms with van der Waals surface area (Å²) >= 11 is 5.37. The second-order valence-corrected chi connectivity index (χ2v) is 5.36. The molecule has 1 N–H and O–H groups in total. The zero-order valence-corrected chi connectivity index (χ0v) is 9.66. The Kier molecular flexibility index (Phi) is 6.67. The van der Waals surface area contributed by atoms with Gasteiger partial charge in [-0.3, -0.25) is 0 Å². The molecule has 0 unspecified atom stereocenters. The molecule has 0 rings (SSSR count). The van der Waals surface area contributed by atoms with Crippen LogP contribution in [0.25, 0.3) is 0 Å². The first-order valence-electron chi connectivity index (χ1n) is 4.19. The van der Waals surface area contributed by atoms with Crippen molar-refractivity contribution >= 4 is 21.6 Å². The molecule has 13 heavy (non-hydrogen) atoms. The van der Waals surface area contributed by atoms with Crippen molar-refractivity contribution in [2.24, 2.45) is 0 Å². The fourth-order valence-corrected chi connectivity index (χ4v) is 2.37. The van der Waals surface area contributed by atoms with Crippen molar-refractivity contribution in [3.8, 4) is 0 Å². The number of alkyl halides is 1. The molecular weight excluding hydrogens is 212 g/mol. The van der Waals surface area contributed by atoms with Crippen LogP contribution in [0.1, 0.15) is 6.42 Å². The zero-order chi connectivity index (χ0) is 10.3. The zero-order valence-electron chi connectivity index (χ0n) is 8.09. The van der Waals surface area contributed by atoms with Gasteiger partial charge in [-0.1, -0.05) is 0 Å². The highest BCUT2D eigenvalue weighted by Gasteiger charge is 2.15. The van der Waals surface area contributed by atoms with E-state index in [0.717, 1.165) is 13.0 Å². The number of nitrogens with zero attached hydrogens (tertiary/aromatic N) is 1. The summed E-state index contributed by atoms with van der Waals surface area (Å²) in [6.45, 7) is 1.36. The van der Waals surface area contributed by atoms with Gasteiger partial charge in [0.05, 0.1) is 5.75 Å². The Morgan fingerprint density at radius 1 is 1.46 bits per heavy atom. The molecule has 0 atom stereocenters. The molecule has 6 heteroatoms. The van der Waals surface area contributed by atoms with Crippen molar-refractivity contribution < 1.29 is 8.42 Å². The number of sulfonamides is 1. The van der Waals surface area contributed by atoms with Crippen molar-refractivity contribution in [2.75, 3.05) is 38.8 Å². The topological polar surface area (TPSA) is 49.4 Å². The molecule has 0 aliphatic heterocycles. The lowest BCUT2D eigenvalue weighted by molar-refractivity contribution is 0.459. The maximum absolute atomic E-state index is 11.3. The van der Waals surface area contributed by atoms with E-state index in [2.05, 4.69) is 5.32 Å². The lowest BCUT2D eigenvalue weighted by Crippen LogP contribution is -2.31. The van der Waals surface area contributed by atoms with E-state index in [4.69, 9.17) is 11.6 Å². The van der Waals surface area contributed by atoms with Crippen LogP contribution in [0.15, 0.2) is 0 Å². The number of hydrogen-bond donors (Lipinski definition) is 1. The van der Waals surface area contributed by atoms with E-state index < -0.39 is 10.0 Å². The lowest BCUT2D eigenvalue weighted by Gasteiger charge is -2.15. The maximum Gasteiger partial charge on any atom is 0.215 e. The highest BCUT2D eigenvalue weighted by Crippen LogP contribution is 1.99. The van der Waals surface area contributed by atoms with Crippen LogP contribution >= 0.6 is 11.6 Å². The van der Waals surface area contributed by atoms with Gasteiger partial charge in [0.25, 0.3) is 0 Å². The molecule has 0 bridgehead atoms. The third-order valence-electron chi connectivity index (χ3n) is 1.71. The third-order valence-corrected chi connectivity index (χ3v) is 3.98. The molecule has 0 radical (unpaired) electrons. The van der Waals surface area contributed by atoms with Gasteiger partial charge in [0.1, 0.15) is 0 Å². The SMILES string of the molecule is CNCCCN(C)S(=O)(=O)CCCl. The molecule has 4 nitrogen and oxygen atoms in total. The van der Waals surface area contributed by atoms with Crippen LogP contribution in [-0.2, 0) is 10.0 Å². The van der Waals surface area contributed by atoms with Gasteiger partial charge < -0.3 is 5.32 Å². The molecule has 0 aromatic carbocycles. The molecule has 0 saturated carbocycles. The van der Waals surface area contributed by atoms with E-state index in [0.29, 0.717) is 6.54 Å². The van der Waals surface area contributed by atoms with Gasteiger partial charge in [-0.25, -0.2) is 12.7 Å². The number of rotatable bonds is 7.